The first-order valence-corrected chi connectivity index (χ1v) is 6.30. The lowest BCUT2D eigenvalue weighted by Crippen LogP contribution is -2.29. The molecule has 1 heterocycles. The molecule has 1 unspecified atom stereocenters. The molecule has 100 valence electrons. The van der Waals surface area contributed by atoms with Crippen LogP contribution in [-0.4, -0.2) is 35.6 Å². The summed E-state index contributed by atoms with van der Waals surface area (Å²) in [5.41, 5.74) is 0.732. The standard InChI is InChI=1S/C15H16FNO2/c1-11-6-7-17(10-11)15(19)14-5-4-13(16)9-12(14)3-2-8-18/h4-5,9,11,18H,6-8,10H2,1H3. The Hall–Kier alpha value is -1.86. The first-order chi connectivity index (χ1) is 9.11. The lowest BCUT2D eigenvalue weighted by atomic mass is 10.1. The van der Waals surface area contributed by atoms with Crippen molar-refractivity contribution in [1.82, 2.24) is 4.90 Å². The molecule has 1 atom stereocenters. The van der Waals surface area contributed by atoms with E-state index in [1.165, 1.54) is 18.2 Å². The minimum Gasteiger partial charge on any atom is -0.384 e. The fourth-order valence-corrected chi connectivity index (χ4v) is 2.23. The van der Waals surface area contributed by atoms with E-state index in [9.17, 15) is 9.18 Å². The van der Waals surface area contributed by atoms with Crippen molar-refractivity contribution < 1.29 is 14.3 Å². The van der Waals surface area contributed by atoms with Crippen LogP contribution in [0.5, 0.6) is 0 Å². The molecule has 1 N–H and O–H groups in total. The Balaban J connectivity index is 2.30. The smallest absolute Gasteiger partial charge is 0.255 e. The third-order valence-electron chi connectivity index (χ3n) is 3.23. The Labute approximate surface area is 112 Å². The molecule has 2 rings (SSSR count). The molecule has 4 heteroatoms. The van der Waals surface area contributed by atoms with E-state index >= 15 is 0 Å². The van der Waals surface area contributed by atoms with Gasteiger partial charge in [0.2, 0.25) is 0 Å². The van der Waals surface area contributed by atoms with E-state index in [2.05, 4.69) is 18.8 Å². The molecule has 1 saturated heterocycles. The molecule has 1 aliphatic heterocycles. The van der Waals surface area contributed by atoms with Gasteiger partial charge in [-0.25, -0.2) is 4.39 Å². The van der Waals surface area contributed by atoms with Crippen LogP contribution >= 0.6 is 0 Å². The third-order valence-corrected chi connectivity index (χ3v) is 3.23. The van der Waals surface area contributed by atoms with Crippen LogP contribution in [0.15, 0.2) is 18.2 Å². The quantitative estimate of drug-likeness (QED) is 0.781. The zero-order valence-electron chi connectivity index (χ0n) is 10.8. The summed E-state index contributed by atoms with van der Waals surface area (Å²) < 4.78 is 13.2. The molecule has 1 aliphatic rings. The van der Waals surface area contributed by atoms with E-state index in [1.807, 2.05) is 0 Å². The first kappa shape index (κ1) is 13.6. The second-order valence-electron chi connectivity index (χ2n) is 4.79. The number of benzene rings is 1. The molecule has 1 amide bonds. The van der Waals surface area contributed by atoms with Gasteiger partial charge in [0.15, 0.2) is 0 Å². The van der Waals surface area contributed by atoms with Gasteiger partial charge >= 0.3 is 0 Å². The number of likely N-dealkylation sites (tertiary alicyclic amines) is 1. The van der Waals surface area contributed by atoms with Crippen LogP contribution in [0.1, 0.15) is 29.3 Å². The predicted molar refractivity (Wildman–Crippen MR) is 70.0 cm³/mol. The fraction of sp³-hybridized carbons (Fsp3) is 0.400. The summed E-state index contributed by atoms with van der Waals surface area (Å²) in [6, 6.07) is 3.95. The van der Waals surface area contributed by atoms with Gasteiger partial charge in [-0.15, -0.1) is 0 Å². The largest absolute Gasteiger partial charge is 0.384 e. The number of nitrogens with zero attached hydrogens (tertiary/aromatic N) is 1. The third kappa shape index (κ3) is 3.12. The van der Waals surface area contributed by atoms with Crippen molar-refractivity contribution in [3.8, 4) is 11.8 Å². The SMILES string of the molecule is CC1CCN(C(=O)c2ccc(F)cc2C#CCO)C1. The lowest BCUT2D eigenvalue weighted by Gasteiger charge is -2.16. The molecule has 1 aromatic rings. The molecule has 1 aromatic carbocycles. The van der Waals surface area contributed by atoms with Gasteiger partial charge in [0.05, 0.1) is 5.56 Å². The van der Waals surface area contributed by atoms with Crippen LogP contribution in [0.25, 0.3) is 0 Å². The lowest BCUT2D eigenvalue weighted by molar-refractivity contribution is 0.0788. The minimum absolute atomic E-state index is 0.119. The van der Waals surface area contributed by atoms with Crippen LogP contribution in [-0.2, 0) is 0 Å². The highest BCUT2D eigenvalue weighted by Crippen LogP contribution is 2.20. The van der Waals surface area contributed by atoms with E-state index < -0.39 is 5.82 Å². The van der Waals surface area contributed by atoms with Crippen LogP contribution in [0.4, 0.5) is 4.39 Å². The number of halogens is 1. The van der Waals surface area contributed by atoms with Crippen molar-refractivity contribution >= 4 is 5.91 Å². The van der Waals surface area contributed by atoms with Gasteiger partial charge in [-0.3, -0.25) is 4.79 Å². The van der Waals surface area contributed by atoms with Crippen molar-refractivity contribution in [3.63, 3.8) is 0 Å². The maximum absolute atomic E-state index is 13.2. The molecule has 1 fully saturated rings. The van der Waals surface area contributed by atoms with Crippen molar-refractivity contribution in [2.45, 2.75) is 13.3 Å². The summed E-state index contributed by atoms with van der Waals surface area (Å²) in [4.78, 5) is 14.1. The molecular formula is C15H16FNO2. The fourth-order valence-electron chi connectivity index (χ4n) is 2.23. The summed E-state index contributed by atoms with van der Waals surface area (Å²) in [5.74, 6) is 5.03. The number of hydrogen-bond donors (Lipinski definition) is 1. The molecule has 19 heavy (non-hydrogen) atoms. The highest BCUT2D eigenvalue weighted by molar-refractivity contribution is 5.96. The predicted octanol–water partition coefficient (Wildman–Crippen LogP) is 1.65. The van der Waals surface area contributed by atoms with E-state index in [1.54, 1.807) is 4.90 Å². The minimum atomic E-state index is -0.437. The van der Waals surface area contributed by atoms with E-state index in [4.69, 9.17) is 5.11 Å². The maximum Gasteiger partial charge on any atom is 0.255 e. The van der Waals surface area contributed by atoms with Crippen LogP contribution in [0, 0.1) is 23.6 Å². The molecular weight excluding hydrogens is 245 g/mol. The highest BCUT2D eigenvalue weighted by Gasteiger charge is 2.25. The zero-order valence-corrected chi connectivity index (χ0v) is 10.8. The molecule has 0 bridgehead atoms. The van der Waals surface area contributed by atoms with Crippen LogP contribution in [0.2, 0.25) is 0 Å². The van der Waals surface area contributed by atoms with Crippen molar-refractivity contribution in [2.24, 2.45) is 5.92 Å². The Kier molecular flexibility index (Phi) is 4.18. The Bertz CT molecular complexity index is 545. The molecule has 0 radical (unpaired) electrons. The summed E-state index contributed by atoms with van der Waals surface area (Å²) in [6.45, 7) is 3.24. The molecule has 0 aliphatic carbocycles. The van der Waals surface area contributed by atoms with E-state index in [0.717, 1.165) is 19.5 Å². The Morgan fingerprint density at radius 3 is 3.00 bits per heavy atom. The van der Waals surface area contributed by atoms with Crippen LogP contribution in [0.3, 0.4) is 0 Å². The number of hydrogen-bond acceptors (Lipinski definition) is 2. The van der Waals surface area contributed by atoms with Crippen molar-refractivity contribution in [1.29, 1.82) is 0 Å². The van der Waals surface area contributed by atoms with Gasteiger partial charge in [0.1, 0.15) is 12.4 Å². The van der Waals surface area contributed by atoms with Crippen molar-refractivity contribution in [3.05, 3.63) is 35.1 Å². The summed E-state index contributed by atoms with van der Waals surface area (Å²) >= 11 is 0. The second-order valence-corrected chi connectivity index (χ2v) is 4.79. The molecule has 0 saturated carbocycles. The van der Waals surface area contributed by atoms with Crippen molar-refractivity contribution in [2.75, 3.05) is 19.7 Å². The van der Waals surface area contributed by atoms with Gasteiger partial charge in [-0.1, -0.05) is 18.8 Å². The molecule has 0 spiro atoms. The Morgan fingerprint density at radius 2 is 2.37 bits per heavy atom. The van der Waals surface area contributed by atoms with E-state index in [0.29, 0.717) is 17.0 Å². The number of amides is 1. The monoisotopic (exact) mass is 261 g/mol. The average Bonchev–Trinajstić information content (AvgIpc) is 2.82. The van der Waals surface area contributed by atoms with Gasteiger partial charge in [0, 0.05) is 18.7 Å². The number of aliphatic hydroxyl groups is 1. The van der Waals surface area contributed by atoms with Gasteiger partial charge in [-0.05, 0) is 30.5 Å². The van der Waals surface area contributed by atoms with Gasteiger partial charge in [-0.2, -0.15) is 0 Å². The zero-order chi connectivity index (χ0) is 13.8. The Morgan fingerprint density at radius 1 is 1.58 bits per heavy atom. The van der Waals surface area contributed by atoms with E-state index in [-0.39, 0.29) is 12.5 Å². The molecule has 3 nitrogen and oxygen atoms in total. The number of carbonyl (C=O) groups is 1. The molecule has 0 aromatic heterocycles. The second kappa shape index (κ2) is 5.85. The number of carbonyl (C=O) groups excluding carboxylic acids is 1. The number of aliphatic hydroxyl groups excluding tert-OH is 1. The average molecular weight is 261 g/mol. The maximum atomic E-state index is 13.2. The topological polar surface area (TPSA) is 40.5 Å². The highest BCUT2D eigenvalue weighted by atomic mass is 19.1. The summed E-state index contributed by atoms with van der Waals surface area (Å²) in [7, 11) is 0. The summed E-state index contributed by atoms with van der Waals surface area (Å²) in [5, 5.41) is 8.71. The normalized spacial score (nSPS) is 18.1. The van der Waals surface area contributed by atoms with Crippen LogP contribution < -0.4 is 0 Å². The number of rotatable bonds is 1. The summed E-state index contributed by atoms with van der Waals surface area (Å²) in [6.07, 6.45) is 0.991. The van der Waals surface area contributed by atoms with Gasteiger partial charge in [0.25, 0.3) is 5.91 Å². The first-order valence-electron chi connectivity index (χ1n) is 6.30. The van der Waals surface area contributed by atoms with Gasteiger partial charge < -0.3 is 10.0 Å².